The summed E-state index contributed by atoms with van der Waals surface area (Å²) in [5.74, 6) is 1.46. The van der Waals surface area contributed by atoms with Crippen LogP contribution in [-0.2, 0) is 16.7 Å². The molecule has 1 aliphatic carbocycles. The van der Waals surface area contributed by atoms with Crippen molar-refractivity contribution in [2.45, 2.75) is 31.7 Å². The molecule has 144 valence electrons. The third-order valence-electron chi connectivity index (χ3n) is 4.91. The quantitative estimate of drug-likeness (QED) is 0.449. The van der Waals surface area contributed by atoms with Crippen LogP contribution >= 0.6 is 11.6 Å². The van der Waals surface area contributed by atoms with E-state index in [1.165, 1.54) is 12.7 Å². The zero-order valence-electron chi connectivity index (χ0n) is 15.8. The highest BCUT2D eigenvalue weighted by Gasteiger charge is 2.44. The molecule has 1 aromatic heterocycles. The van der Waals surface area contributed by atoms with Crippen molar-refractivity contribution in [3.05, 3.63) is 58.0 Å². The Morgan fingerprint density at radius 1 is 1.33 bits per heavy atom. The molecule has 6 nitrogen and oxygen atoms in total. The highest BCUT2D eigenvalue weighted by Crippen LogP contribution is 2.48. The molecule has 3 rings (SSSR count). The third kappa shape index (κ3) is 4.45. The number of esters is 1. The van der Waals surface area contributed by atoms with E-state index >= 15 is 0 Å². The fraction of sp³-hybridized carbons (Fsp3) is 0.400. The topological polar surface area (TPSA) is 75.9 Å². The Balaban J connectivity index is 1.57. The first-order chi connectivity index (χ1) is 13.0. The number of methoxy groups -OCH3 is 1. The SMILES string of the molecule is CN=C(NCc1cc(C(=O)OC)c(C)o1)NCC1(c2cccc(Cl)c2)CC1. The second kappa shape index (κ2) is 8.05. The molecule has 1 fully saturated rings. The molecule has 0 unspecified atom stereocenters. The number of hydrogen-bond acceptors (Lipinski definition) is 4. The molecule has 0 amide bonds. The Morgan fingerprint density at radius 2 is 2.11 bits per heavy atom. The van der Waals surface area contributed by atoms with Gasteiger partial charge in [0, 0.05) is 24.0 Å². The maximum atomic E-state index is 11.7. The number of hydrogen-bond donors (Lipinski definition) is 2. The van der Waals surface area contributed by atoms with Crippen LogP contribution in [0, 0.1) is 6.92 Å². The Labute approximate surface area is 163 Å². The summed E-state index contributed by atoms with van der Waals surface area (Å²) >= 11 is 6.13. The molecule has 2 N–H and O–H groups in total. The van der Waals surface area contributed by atoms with Gasteiger partial charge in [-0.2, -0.15) is 0 Å². The summed E-state index contributed by atoms with van der Waals surface area (Å²) in [6.45, 7) is 2.93. The number of guanidine groups is 1. The van der Waals surface area contributed by atoms with Crippen LogP contribution < -0.4 is 10.6 Å². The normalized spacial score (nSPS) is 15.3. The van der Waals surface area contributed by atoms with E-state index in [-0.39, 0.29) is 5.41 Å². The fourth-order valence-corrected chi connectivity index (χ4v) is 3.31. The molecule has 7 heteroatoms. The van der Waals surface area contributed by atoms with Gasteiger partial charge in [0.05, 0.1) is 13.7 Å². The summed E-state index contributed by atoms with van der Waals surface area (Å²) in [7, 11) is 3.08. The summed E-state index contributed by atoms with van der Waals surface area (Å²) in [6.07, 6.45) is 2.24. The second-order valence-corrected chi connectivity index (χ2v) is 7.18. The maximum Gasteiger partial charge on any atom is 0.341 e. The zero-order valence-corrected chi connectivity index (χ0v) is 16.5. The van der Waals surface area contributed by atoms with Gasteiger partial charge in [0.1, 0.15) is 17.1 Å². The highest BCUT2D eigenvalue weighted by molar-refractivity contribution is 6.30. The van der Waals surface area contributed by atoms with Crippen molar-refractivity contribution in [3.8, 4) is 0 Å². The van der Waals surface area contributed by atoms with Gasteiger partial charge in [-0.1, -0.05) is 23.7 Å². The van der Waals surface area contributed by atoms with Gasteiger partial charge in [0.15, 0.2) is 5.96 Å². The second-order valence-electron chi connectivity index (χ2n) is 6.74. The largest absolute Gasteiger partial charge is 0.465 e. The monoisotopic (exact) mass is 389 g/mol. The molecule has 0 saturated heterocycles. The van der Waals surface area contributed by atoms with Gasteiger partial charge in [0.25, 0.3) is 0 Å². The minimum absolute atomic E-state index is 0.113. The van der Waals surface area contributed by atoms with Crippen molar-refractivity contribution in [2.75, 3.05) is 20.7 Å². The Hall–Kier alpha value is -2.47. The molecule has 0 atom stereocenters. The lowest BCUT2D eigenvalue weighted by atomic mass is 9.96. The van der Waals surface area contributed by atoms with Crippen LogP contribution in [0.2, 0.25) is 5.02 Å². The molecular weight excluding hydrogens is 366 g/mol. The van der Waals surface area contributed by atoms with Crippen LogP contribution in [0.1, 0.15) is 40.3 Å². The number of furan rings is 1. The van der Waals surface area contributed by atoms with Crippen molar-refractivity contribution in [1.82, 2.24) is 10.6 Å². The summed E-state index contributed by atoms with van der Waals surface area (Å²) < 4.78 is 10.4. The van der Waals surface area contributed by atoms with E-state index < -0.39 is 5.97 Å². The van der Waals surface area contributed by atoms with Crippen molar-refractivity contribution in [3.63, 3.8) is 0 Å². The summed E-state index contributed by atoms with van der Waals surface area (Å²) in [6, 6.07) is 9.73. The molecule has 1 aliphatic rings. The molecule has 0 bridgehead atoms. The molecule has 1 aromatic carbocycles. The first kappa shape index (κ1) is 19.3. The van der Waals surface area contributed by atoms with Crippen LogP contribution in [0.25, 0.3) is 0 Å². The predicted octanol–water partition coefficient (Wildman–Crippen LogP) is 3.42. The van der Waals surface area contributed by atoms with Gasteiger partial charge in [-0.3, -0.25) is 4.99 Å². The van der Waals surface area contributed by atoms with Crippen molar-refractivity contribution >= 4 is 23.5 Å². The first-order valence-corrected chi connectivity index (χ1v) is 9.23. The molecule has 27 heavy (non-hydrogen) atoms. The molecule has 1 heterocycles. The summed E-state index contributed by atoms with van der Waals surface area (Å²) in [5, 5.41) is 7.35. The Bertz CT molecular complexity index is 856. The lowest BCUT2D eigenvalue weighted by Gasteiger charge is -2.19. The fourth-order valence-electron chi connectivity index (χ4n) is 3.12. The first-order valence-electron chi connectivity index (χ1n) is 8.85. The van der Waals surface area contributed by atoms with Crippen LogP contribution in [0.5, 0.6) is 0 Å². The van der Waals surface area contributed by atoms with Gasteiger partial charge in [0.2, 0.25) is 0 Å². The number of benzene rings is 1. The van der Waals surface area contributed by atoms with E-state index in [1.807, 2.05) is 18.2 Å². The number of rotatable bonds is 6. The van der Waals surface area contributed by atoms with Crippen LogP contribution in [0.15, 0.2) is 39.7 Å². The van der Waals surface area contributed by atoms with Crippen molar-refractivity contribution in [1.29, 1.82) is 0 Å². The molecule has 0 radical (unpaired) electrons. The van der Waals surface area contributed by atoms with Crippen LogP contribution in [0.4, 0.5) is 0 Å². The smallest absolute Gasteiger partial charge is 0.341 e. The standard InChI is InChI=1S/C20H24ClN3O3/c1-13-17(18(25)26-3)10-16(27-13)11-23-19(22-2)24-12-20(7-8-20)14-5-4-6-15(21)9-14/h4-6,9-10H,7-8,11-12H2,1-3H3,(H2,22,23,24). The average molecular weight is 390 g/mol. The molecule has 1 saturated carbocycles. The minimum Gasteiger partial charge on any atom is -0.465 e. The lowest BCUT2D eigenvalue weighted by molar-refractivity contribution is 0.0599. The van der Waals surface area contributed by atoms with Crippen molar-refractivity contribution < 1.29 is 13.9 Å². The zero-order chi connectivity index (χ0) is 19.4. The van der Waals surface area contributed by atoms with E-state index in [0.29, 0.717) is 29.6 Å². The van der Waals surface area contributed by atoms with Gasteiger partial charge < -0.3 is 19.8 Å². The minimum atomic E-state index is -0.401. The van der Waals surface area contributed by atoms with E-state index in [4.69, 9.17) is 20.8 Å². The van der Waals surface area contributed by atoms with Crippen LogP contribution in [-0.4, -0.2) is 32.6 Å². The summed E-state index contributed by atoms with van der Waals surface area (Å²) in [4.78, 5) is 15.9. The van der Waals surface area contributed by atoms with E-state index in [1.54, 1.807) is 20.0 Å². The van der Waals surface area contributed by atoms with E-state index in [9.17, 15) is 4.79 Å². The third-order valence-corrected chi connectivity index (χ3v) is 5.15. The number of carbonyl (C=O) groups excluding carboxylic acids is 1. The Morgan fingerprint density at radius 3 is 2.74 bits per heavy atom. The molecule has 0 spiro atoms. The van der Waals surface area contributed by atoms with E-state index in [0.717, 1.165) is 24.4 Å². The lowest BCUT2D eigenvalue weighted by Crippen LogP contribution is -2.40. The van der Waals surface area contributed by atoms with Crippen LogP contribution in [0.3, 0.4) is 0 Å². The molecule has 0 aliphatic heterocycles. The van der Waals surface area contributed by atoms with Gasteiger partial charge >= 0.3 is 5.97 Å². The number of aliphatic imine (C=N–C) groups is 1. The maximum absolute atomic E-state index is 11.7. The number of carbonyl (C=O) groups is 1. The van der Waals surface area contributed by atoms with Gasteiger partial charge in [-0.05, 0) is 43.5 Å². The van der Waals surface area contributed by atoms with Gasteiger partial charge in [-0.15, -0.1) is 0 Å². The Kier molecular flexibility index (Phi) is 5.75. The number of halogens is 1. The number of nitrogens with zero attached hydrogens (tertiary/aromatic N) is 1. The van der Waals surface area contributed by atoms with Crippen molar-refractivity contribution in [2.24, 2.45) is 4.99 Å². The molecular formula is C20H24ClN3O3. The number of aryl methyl sites for hydroxylation is 1. The predicted molar refractivity (Wildman–Crippen MR) is 105 cm³/mol. The number of ether oxygens (including phenoxy) is 1. The number of nitrogens with one attached hydrogen (secondary N) is 2. The molecule has 2 aromatic rings. The average Bonchev–Trinajstić information content (AvgIpc) is 3.37. The van der Waals surface area contributed by atoms with E-state index in [2.05, 4.69) is 21.7 Å². The summed E-state index contributed by atoms with van der Waals surface area (Å²) in [5.41, 5.74) is 1.81. The highest BCUT2D eigenvalue weighted by atomic mass is 35.5. The van der Waals surface area contributed by atoms with Gasteiger partial charge in [-0.25, -0.2) is 4.79 Å².